The molecule has 3 aromatic rings. The first kappa shape index (κ1) is 21.0. The summed E-state index contributed by atoms with van der Waals surface area (Å²) in [6.07, 6.45) is 2.67. The maximum Gasteiger partial charge on any atom is 0.407 e. The number of carbonyl (C=O) groups is 3. The molecule has 0 saturated carbocycles. The first-order valence-corrected chi connectivity index (χ1v) is 10.0. The van der Waals surface area contributed by atoms with E-state index >= 15 is 0 Å². The molecule has 2 heterocycles. The summed E-state index contributed by atoms with van der Waals surface area (Å²) in [5.74, 6) is -0.478. The van der Waals surface area contributed by atoms with Crippen molar-refractivity contribution < 1.29 is 23.9 Å². The minimum atomic E-state index is -0.932. The molecule has 0 unspecified atom stereocenters. The zero-order valence-electron chi connectivity index (χ0n) is 17.1. The lowest BCUT2D eigenvalue weighted by Gasteiger charge is -2.34. The van der Waals surface area contributed by atoms with Gasteiger partial charge in [0.1, 0.15) is 17.4 Å². The number of piperazine rings is 1. The summed E-state index contributed by atoms with van der Waals surface area (Å²) in [5, 5.41) is 9.69. The van der Waals surface area contributed by atoms with Gasteiger partial charge in [-0.2, -0.15) is 0 Å². The van der Waals surface area contributed by atoms with E-state index in [0.29, 0.717) is 42.7 Å². The van der Waals surface area contributed by atoms with Crippen molar-refractivity contribution >= 4 is 40.9 Å². The zero-order valence-corrected chi connectivity index (χ0v) is 17.1. The number of hydrogen-bond donors (Lipinski definition) is 1. The van der Waals surface area contributed by atoms with Gasteiger partial charge in [0.15, 0.2) is 5.78 Å². The van der Waals surface area contributed by atoms with E-state index < -0.39 is 17.5 Å². The van der Waals surface area contributed by atoms with Crippen molar-refractivity contribution in [1.82, 2.24) is 4.90 Å². The Morgan fingerprint density at radius 2 is 1.62 bits per heavy atom. The summed E-state index contributed by atoms with van der Waals surface area (Å²) in [6.45, 7) is 1.87. The van der Waals surface area contributed by atoms with E-state index in [2.05, 4.69) is 0 Å². The molecule has 0 radical (unpaired) electrons. The largest absolute Gasteiger partial charge is 0.465 e. The first-order chi connectivity index (χ1) is 15.4. The Balaban J connectivity index is 1.53. The monoisotopic (exact) mass is 432 g/mol. The third kappa shape index (κ3) is 4.44. The van der Waals surface area contributed by atoms with Gasteiger partial charge in [-0.05, 0) is 29.8 Å². The number of allylic oxidation sites excluding steroid dienone is 1. The Hall–Kier alpha value is -4.20. The quantitative estimate of drug-likeness (QED) is 0.285. The Bertz CT molecular complexity index is 1270. The summed E-state index contributed by atoms with van der Waals surface area (Å²) < 4.78 is 5.41. The van der Waals surface area contributed by atoms with Gasteiger partial charge < -0.3 is 19.3 Å². The standard InChI is InChI=1S/C24H20N2O6/c27-15-17-3-1-16(2-4-17)5-8-21(28)20-13-18-6-7-19(14-22(18)32-23(20)29)25-9-11-26(12-10-25)24(30)31/h1-8,13-15H,9-12H2,(H,30,31). The minimum Gasteiger partial charge on any atom is -0.465 e. The van der Waals surface area contributed by atoms with Crippen LogP contribution in [-0.2, 0) is 0 Å². The van der Waals surface area contributed by atoms with Crippen molar-refractivity contribution in [2.24, 2.45) is 0 Å². The van der Waals surface area contributed by atoms with E-state index in [0.717, 1.165) is 17.5 Å². The van der Waals surface area contributed by atoms with Crippen molar-refractivity contribution in [3.63, 3.8) is 0 Å². The van der Waals surface area contributed by atoms with Crippen molar-refractivity contribution in [2.45, 2.75) is 0 Å². The third-order valence-electron chi connectivity index (χ3n) is 5.40. The molecular formula is C24H20N2O6. The summed E-state index contributed by atoms with van der Waals surface area (Å²) in [7, 11) is 0. The topological polar surface area (TPSA) is 108 Å². The van der Waals surface area contributed by atoms with Gasteiger partial charge in [0.25, 0.3) is 0 Å². The van der Waals surface area contributed by atoms with Crippen molar-refractivity contribution in [2.75, 3.05) is 31.1 Å². The molecule has 1 aromatic heterocycles. The van der Waals surface area contributed by atoms with Crippen LogP contribution in [0, 0.1) is 0 Å². The Morgan fingerprint density at radius 1 is 0.938 bits per heavy atom. The molecule has 1 aliphatic heterocycles. The van der Waals surface area contributed by atoms with Gasteiger partial charge in [0.05, 0.1) is 0 Å². The molecule has 0 bridgehead atoms. The van der Waals surface area contributed by atoms with Crippen molar-refractivity contribution in [1.29, 1.82) is 0 Å². The fourth-order valence-electron chi connectivity index (χ4n) is 3.57. The highest BCUT2D eigenvalue weighted by atomic mass is 16.4. The lowest BCUT2D eigenvalue weighted by Crippen LogP contribution is -2.48. The summed E-state index contributed by atoms with van der Waals surface area (Å²) in [6, 6.07) is 13.6. The van der Waals surface area contributed by atoms with E-state index in [1.165, 1.54) is 17.0 Å². The van der Waals surface area contributed by atoms with Gasteiger partial charge >= 0.3 is 11.7 Å². The smallest absolute Gasteiger partial charge is 0.407 e. The van der Waals surface area contributed by atoms with Gasteiger partial charge in [-0.1, -0.05) is 30.3 Å². The van der Waals surface area contributed by atoms with Crippen LogP contribution in [0.2, 0.25) is 0 Å². The fraction of sp³-hybridized carbons (Fsp3) is 0.167. The van der Waals surface area contributed by atoms with Gasteiger partial charge in [0.2, 0.25) is 0 Å². The second kappa shape index (κ2) is 8.89. The number of ketones is 1. The van der Waals surface area contributed by atoms with Crippen LogP contribution in [0.25, 0.3) is 17.0 Å². The highest BCUT2D eigenvalue weighted by Gasteiger charge is 2.21. The molecule has 8 nitrogen and oxygen atoms in total. The van der Waals surface area contributed by atoms with E-state index in [1.807, 2.05) is 11.0 Å². The Kier molecular flexibility index (Phi) is 5.85. The zero-order chi connectivity index (χ0) is 22.7. The number of amides is 1. The van der Waals surface area contributed by atoms with Gasteiger partial charge in [-0.25, -0.2) is 9.59 Å². The third-order valence-corrected chi connectivity index (χ3v) is 5.40. The molecular weight excluding hydrogens is 412 g/mol. The first-order valence-electron chi connectivity index (χ1n) is 10.0. The predicted molar refractivity (Wildman–Crippen MR) is 119 cm³/mol. The number of anilines is 1. The summed E-state index contributed by atoms with van der Waals surface area (Å²) >= 11 is 0. The van der Waals surface area contributed by atoms with E-state index in [4.69, 9.17) is 9.52 Å². The highest BCUT2D eigenvalue weighted by Crippen LogP contribution is 2.23. The number of carbonyl (C=O) groups excluding carboxylic acids is 2. The number of rotatable bonds is 5. The van der Waals surface area contributed by atoms with Crippen molar-refractivity contribution in [3.05, 3.63) is 81.7 Å². The van der Waals surface area contributed by atoms with E-state index in [-0.39, 0.29) is 5.56 Å². The molecule has 1 saturated heterocycles. The Labute approximate surface area is 183 Å². The molecule has 0 aliphatic carbocycles. The molecule has 8 heteroatoms. The molecule has 1 N–H and O–H groups in total. The van der Waals surface area contributed by atoms with E-state index in [1.54, 1.807) is 42.5 Å². The fourth-order valence-corrected chi connectivity index (χ4v) is 3.57. The lowest BCUT2D eigenvalue weighted by molar-refractivity contribution is 0.104. The van der Waals surface area contributed by atoms with Gasteiger partial charge in [0, 0.05) is 48.9 Å². The number of benzene rings is 2. The molecule has 32 heavy (non-hydrogen) atoms. The SMILES string of the molecule is O=Cc1ccc(C=CC(=O)c2cc3ccc(N4CCN(C(=O)O)CC4)cc3oc2=O)cc1. The Morgan fingerprint density at radius 3 is 2.28 bits per heavy atom. The molecule has 1 amide bonds. The lowest BCUT2D eigenvalue weighted by atomic mass is 10.1. The van der Waals surface area contributed by atoms with Crippen LogP contribution in [0.15, 0.2) is 63.8 Å². The highest BCUT2D eigenvalue weighted by molar-refractivity contribution is 6.07. The van der Waals surface area contributed by atoms with Gasteiger partial charge in [-0.15, -0.1) is 0 Å². The molecule has 1 aliphatic rings. The maximum atomic E-state index is 12.5. The molecule has 2 aromatic carbocycles. The molecule has 4 rings (SSSR count). The predicted octanol–water partition coefficient (Wildman–Crippen LogP) is 3.30. The van der Waals surface area contributed by atoms with E-state index in [9.17, 15) is 19.2 Å². The number of carboxylic acid groups (broad SMARTS) is 1. The summed E-state index contributed by atoms with van der Waals surface area (Å²) in [5.41, 5.74) is 1.65. The van der Waals surface area contributed by atoms with Crippen LogP contribution in [0.4, 0.5) is 10.5 Å². The molecule has 162 valence electrons. The molecule has 0 atom stereocenters. The van der Waals surface area contributed by atoms with Crippen LogP contribution < -0.4 is 10.5 Å². The number of nitrogens with zero attached hydrogens (tertiary/aromatic N) is 2. The average molecular weight is 432 g/mol. The minimum absolute atomic E-state index is 0.0684. The second-order valence-corrected chi connectivity index (χ2v) is 7.41. The van der Waals surface area contributed by atoms with Crippen LogP contribution in [0.5, 0.6) is 0 Å². The van der Waals surface area contributed by atoms with Crippen LogP contribution in [-0.4, -0.2) is 54.3 Å². The number of fused-ring (bicyclic) bond motifs is 1. The maximum absolute atomic E-state index is 12.5. The molecule has 0 spiro atoms. The van der Waals surface area contributed by atoms with Crippen LogP contribution in [0.1, 0.15) is 26.3 Å². The number of aldehydes is 1. The van der Waals surface area contributed by atoms with Gasteiger partial charge in [-0.3, -0.25) is 9.59 Å². The average Bonchev–Trinajstić information content (AvgIpc) is 2.82. The normalized spacial score (nSPS) is 14.1. The van der Waals surface area contributed by atoms with Crippen LogP contribution in [0.3, 0.4) is 0 Å². The van der Waals surface area contributed by atoms with Crippen molar-refractivity contribution in [3.8, 4) is 0 Å². The van der Waals surface area contributed by atoms with Crippen LogP contribution >= 0.6 is 0 Å². The second-order valence-electron chi connectivity index (χ2n) is 7.41. The summed E-state index contributed by atoms with van der Waals surface area (Å²) in [4.78, 5) is 50.1. The number of hydrogen-bond acceptors (Lipinski definition) is 6. The molecule has 1 fully saturated rings.